The van der Waals surface area contributed by atoms with E-state index in [1.54, 1.807) is 6.07 Å². The number of hydrogen-bond acceptors (Lipinski definition) is 4. The smallest absolute Gasteiger partial charge is 0.241 e. The highest BCUT2D eigenvalue weighted by molar-refractivity contribution is 9.10. The fourth-order valence-electron chi connectivity index (χ4n) is 2.41. The van der Waals surface area contributed by atoms with E-state index in [1.807, 2.05) is 13.0 Å². The van der Waals surface area contributed by atoms with Gasteiger partial charge in [-0.3, -0.25) is 0 Å². The van der Waals surface area contributed by atoms with Gasteiger partial charge in [-0.2, -0.15) is 0 Å². The number of benzene rings is 1. The Morgan fingerprint density at radius 1 is 1.48 bits per heavy atom. The minimum Gasteiger partial charge on any atom is -0.381 e. The summed E-state index contributed by atoms with van der Waals surface area (Å²) in [5.74, 6) is 0.452. The molecule has 0 aliphatic carbocycles. The third-order valence-corrected chi connectivity index (χ3v) is 6.48. The van der Waals surface area contributed by atoms with Crippen LogP contribution in [0.25, 0.3) is 0 Å². The van der Waals surface area contributed by atoms with Crippen LogP contribution in [0.15, 0.2) is 21.5 Å². The Bertz CT molecular complexity index is 598. The molecule has 1 saturated heterocycles. The number of nitrogens with one attached hydrogen (secondary N) is 1. The Kier molecular flexibility index (Phi) is 5.79. The van der Waals surface area contributed by atoms with Crippen LogP contribution in [-0.2, 0) is 21.3 Å². The molecule has 1 fully saturated rings. The Morgan fingerprint density at radius 2 is 2.24 bits per heavy atom. The van der Waals surface area contributed by atoms with Crippen molar-refractivity contribution in [2.45, 2.75) is 31.2 Å². The topological polar surface area (TPSA) is 81.4 Å². The molecule has 3 N–H and O–H groups in total. The summed E-state index contributed by atoms with van der Waals surface area (Å²) in [6, 6.07) is 3.51. The first kappa shape index (κ1) is 16.9. The zero-order valence-electron chi connectivity index (χ0n) is 12.1. The molecule has 21 heavy (non-hydrogen) atoms. The van der Waals surface area contributed by atoms with Gasteiger partial charge in [0.1, 0.15) is 0 Å². The van der Waals surface area contributed by atoms with Crippen molar-refractivity contribution in [3.63, 3.8) is 0 Å². The third-order valence-electron chi connectivity index (χ3n) is 3.67. The second-order valence-corrected chi connectivity index (χ2v) is 7.87. The van der Waals surface area contributed by atoms with Crippen LogP contribution >= 0.6 is 15.9 Å². The van der Waals surface area contributed by atoms with Crippen LogP contribution in [0.4, 0.5) is 0 Å². The molecular weight excluding hydrogens is 356 g/mol. The molecule has 118 valence electrons. The fraction of sp³-hybridized carbons (Fsp3) is 0.571. The highest BCUT2D eigenvalue weighted by Gasteiger charge is 2.21. The third kappa shape index (κ3) is 4.26. The van der Waals surface area contributed by atoms with Crippen molar-refractivity contribution >= 4 is 26.0 Å². The quantitative estimate of drug-likeness (QED) is 0.794. The lowest BCUT2D eigenvalue weighted by Crippen LogP contribution is -2.27. The second-order valence-electron chi connectivity index (χ2n) is 5.35. The molecule has 1 aliphatic heterocycles. The number of ether oxygens (including phenoxy) is 1. The fourth-order valence-corrected chi connectivity index (χ4v) is 4.52. The summed E-state index contributed by atoms with van der Waals surface area (Å²) in [7, 11) is -3.53. The number of aryl methyl sites for hydroxylation is 1. The molecule has 1 atom stereocenters. The van der Waals surface area contributed by atoms with E-state index in [-0.39, 0.29) is 4.90 Å². The van der Waals surface area contributed by atoms with E-state index >= 15 is 0 Å². The summed E-state index contributed by atoms with van der Waals surface area (Å²) in [4.78, 5) is 0.255. The van der Waals surface area contributed by atoms with Gasteiger partial charge in [-0.1, -0.05) is 6.07 Å². The number of nitrogens with two attached hydrogens (primary N) is 1. The highest BCUT2D eigenvalue weighted by atomic mass is 79.9. The predicted octanol–water partition coefficient (Wildman–Crippen LogP) is 1.92. The van der Waals surface area contributed by atoms with Crippen molar-refractivity contribution in [1.82, 2.24) is 4.72 Å². The minimum absolute atomic E-state index is 0.255. The standard InChI is InChI=1S/C14H21BrN2O3S/c1-10-6-12(8-16)7-13(14(10)15)21(18,19)17-4-2-11-3-5-20-9-11/h6-7,11,17H,2-5,8-9,16H2,1H3. The molecule has 0 radical (unpaired) electrons. The van der Waals surface area contributed by atoms with Crippen molar-refractivity contribution in [3.8, 4) is 0 Å². The summed E-state index contributed by atoms with van der Waals surface area (Å²) >= 11 is 3.36. The Balaban J connectivity index is 2.09. The summed E-state index contributed by atoms with van der Waals surface area (Å²) in [6.07, 6.45) is 1.81. The van der Waals surface area contributed by atoms with E-state index < -0.39 is 10.0 Å². The van der Waals surface area contributed by atoms with Crippen LogP contribution < -0.4 is 10.5 Å². The van der Waals surface area contributed by atoms with E-state index in [0.717, 1.165) is 37.2 Å². The van der Waals surface area contributed by atoms with Crippen molar-refractivity contribution in [2.75, 3.05) is 19.8 Å². The second kappa shape index (κ2) is 7.19. The zero-order valence-corrected chi connectivity index (χ0v) is 14.5. The van der Waals surface area contributed by atoms with Gasteiger partial charge in [-0.05, 0) is 58.8 Å². The summed E-state index contributed by atoms with van der Waals surface area (Å²) in [6.45, 7) is 4.11. The molecule has 0 saturated carbocycles. The van der Waals surface area contributed by atoms with Crippen LogP contribution in [0.3, 0.4) is 0 Å². The number of hydrogen-bond donors (Lipinski definition) is 2. The molecule has 5 nitrogen and oxygen atoms in total. The van der Waals surface area contributed by atoms with Crippen LogP contribution in [0.5, 0.6) is 0 Å². The maximum absolute atomic E-state index is 12.4. The average Bonchev–Trinajstić information content (AvgIpc) is 2.94. The predicted molar refractivity (Wildman–Crippen MR) is 85.5 cm³/mol. The normalized spacial score (nSPS) is 19.1. The van der Waals surface area contributed by atoms with Crippen LogP contribution in [0.2, 0.25) is 0 Å². The Hall–Kier alpha value is -0.470. The van der Waals surface area contributed by atoms with Crippen molar-refractivity contribution < 1.29 is 13.2 Å². The Morgan fingerprint density at radius 3 is 2.86 bits per heavy atom. The molecule has 0 bridgehead atoms. The lowest BCUT2D eigenvalue weighted by molar-refractivity contribution is 0.184. The van der Waals surface area contributed by atoms with Crippen LogP contribution in [0.1, 0.15) is 24.0 Å². The molecule has 1 heterocycles. The maximum Gasteiger partial charge on any atom is 0.241 e. The van der Waals surface area contributed by atoms with Crippen molar-refractivity contribution in [2.24, 2.45) is 11.7 Å². The molecule has 0 amide bonds. The van der Waals surface area contributed by atoms with Gasteiger partial charge in [0.05, 0.1) is 4.90 Å². The van der Waals surface area contributed by atoms with E-state index in [2.05, 4.69) is 20.7 Å². The largest absolute Gasteiger partial charge is 0.381 e. The van der Waals surface area contributed by atoms with Gasteiger partial charge in [-0.15, -0.1) is 0 Å². The van der Waals surface area contributed by atoms with Gasteiger partial charge >= 0.3 is 0 Å². The minimum atomic E-state index is -3.53. The van der Waals surface area contributed by atoms with Crippen molar-refractivity contribution in [1.29, 1.82) is 0 Å². The molecule has 7 heteroatoms. The van der Waals surface area contributed by atoms with E-state index in [0.29, 0.717) is 23.5 Å². The molecule has 0 spiro atoms. The highest BCUT2D eigenvalue weighted by Crippen LogP contribution is 2.27. The van der Waals surface area contributed by atoms with E-state index in [4.69, 9.17) is 10.5 Å². The zero-order chi connectivity index (χ0) is 15.5. The maximum atomic E-state index is 12.4. The summed E-state index contributed by atoms with van der Waals surface area (Å²) < 4.78 is 33.4. The molecule has 1 unspecified atom stereocenters. The lowest BCUT2D eigenvalue weighted by Gasteiger charge is -2.13. The molecule has 0 aromatic heterocycles. The van der Waals surface area contributed by atoms with Crippen molar-refractivity contribution in [3.05, 3.63) is 27.7 Å². The molecular formula is C14H21BrN2O3S. The Labute approximate surface area is 134 Å². The number of sulfonamides is 1. The molecule has 1 aliphatic rings. The van der Waals surface area contributed by atoms with E-state index in [9.17, 15) is 8.42 Å². The van der Waals surface area contributed by atoms with E-state index in [1.165, 1.54) is 0 Å². The van der Waals surface area contributed by atoms with Gasteiger partial charge in [0.2, 0.25) is 10.0 Å². The first-order valence-corrected chi connectivity index (χ1v) is 9.28. The molecule has 1 aromatic rings. The van der Waals surface area contributed by atoms with Crippen LogP contribution in [0, 0.1) is 12.8 Å². The SMILES string of the molecule is Cc1cc(CN)cc(S(=O)(=O)NCCC2CCOC2)c1Br. The van der Waals surface area contributed by atoms with Crippen LogP contribution in [-0.4, -0.2) is 28.2 Å². The summed E-state index contributed by atoms with van der Waals surface area (Å²) in [5, 5.41) is 0. The monoisotopic (exact) mass is 376 g/mol. The first-order valence-electron chi connectivity index (χ1n) is 7.00. The number of halogens is 1. The van der Waals surface area contributed by atoms with Gasteiger partial charge in [-0.25, -0.2) is 13.1 Å². The number of rotatable bonds is 6. The van der Waals surface area contributed by atoms with Gasteiger partial charge in [0.15, 0.2) is 0 Å². The van der Waals surface area contributed by atoms with Gasteiger partial charge < -0.3 is 10.5 Å². The average molecular weight is 377 g/mol. The van der Waals surface area contributed by atoms with Gasteiger partial charge in [0.25, 0.3) is 0 Å². The first-order chi connectivity index (χ1) is 9.94. The molecule has 2 rings (SSSR count). The van der Waals surface area contributed by atoms with Gasteiger partial charge in [0, 0.05) is 30.8 Å². The summed E-state index contributed by atoms with van der Waals surface area (Å²) in [5.41, 5.74) is 7.29. The molecule has 1 aromatic carbocycles. The lowest BCUT2D eigenvalue weighted by atomic mass is 10.1.